The Morgan fingerprint density at radius 3 is 2.71 bits per heavy atom. The number of pyridine rings is 1. The number of nitrogens with zero attached hydrogens (tertiary/aromatic N) is 2. The lowest BCUT2D eigenvalue weighted by atomic mass is 9.85. The Morgan fingerprint density at radius 1 is 1.29 bits per heavy atom. The Hall–Kier alpha value is -2.95. The quantitative estimate of drug-likeness (QED) is 0.853. The van der Waals surface area contributed by atoms with Crippen LogP contribution in [0.3, 0.4) is 0 Å². The second-order valence-electron chi connectivity index (χ2n) is 6.48. The Kier molecular flexibility index (Phi) is 3.72. The summed E-state index contributed by atoms with van der Waals surface area (Å²) in [4.78, 5) is 18.0. The van der Waals surface area contributed by atoms with Gasteiger partial charge in [0, 0.05) is 42.0 Å². The maximum absolute atomic E-state index is 12.4. The van der Waals surface area contributed by atoms with Crippen molar-refractivity contribution >= 4 is 23.0 Å². The maximum atomic E-state index is 12.4. The number of benzene rings is 1. The zero-order chi connectivity index (χ0) is 17.5. The lowest BCUT2D eigenvalue weighted by Gasteiger charge is -2.16. The summed E-state index contributed by atoms with van der Waals surface area (Å²) in [5.41, 5.74) is 9.63. The summed E-state index contributed by atoms with van der Waals surface area (Å²) in [6.45, 7) is 3.84. The molecule has 1 aromatic carbocycles. The molecule has 2 aromatic rings. The number of hydrogen-bond acceptors (Lipinski definition) is 4. The third-order valence-electron chi connectivity index (χ3n) is 4.48. The molecule has 0 radical (unpaired) electrons. The first-order valence-electron chi connectivity index (χ1n) is 7.71. The molecule has 3 rings (SSSR count). The van der Waals surface area contributed by atoms with E-state index in [-0.39, 0.29) is 5.91 Å². The summed E-state index contributed by atoms with van der Waals surface area (Å²) < 4.78 is 0. The predicted octanol–water partition coefficient (Wildman–Crippen LogP) is 2.70. The Morgan fingerprint density at radius 2 is 2.04 bits per heavy atom. The number of nitrogens with two attached hydrogens (primary N) is 1. The Bertz CT molecular complexity index is 853. The molecule has 0 spiro atoms. The predicted molar refractivity (Wildman–Crippen MR) is 96.1 cm³/mol. The number of carbonyl (C=O) groups is 1. The van der Waals surface area contributed by atoms with Crippen LogP contribution in [0.4, 0.5) is 5.69 Å². The zero-order valence-electron chi connectivity index (χ0n) is 14.0. The van der Waals surface area contributed by atoms with E-state index in [1.54, 1.807) is 36.5 Å². The highest BCUT2D eigenvalue weighted by Crippen LogP contribution is 2.41. The monoisotopic (exact) mass is 320 g/mol. The van der Waals surface area contributed by atoms with Gasteiger partial charge in [0.05, 0.1) is 11.1 Å². The molecule has 24 heavy (non-hydrogen) atoms. The van der Waals surface area contributed by atoms with Crippen LogP contribution >= 0.6 is 0 Å². The first kappa shape index (κ1) is 15.9. The van der Waals surface area contributed by atoms with Gasteiger partial charge in [-0.15, -0.1) is 0 Å². The number of nitrogens with one attached hydrogen (secondary N) is 1. The van der Waals surface area contributed by atoms with Crippen molar-refractivity contribution in [2.45, 2.75) is 19.3 Å². The van der Waals surface area contributed by atoms with Gasteiger partial charge in [-0.25, -0.2) is 0 Å². The van der Waals surface area contributed by atoms with E-state index < -0.39 is 5.41 Å². The Balaban J connectivity index is 1.95. The van der Waals surface area contributed by atoms with E-state index in [0.717, 1.165) is 22.4 Å². The van der Waals surface area contributed by atoms with Crippen LogP contribution in [-0.4, -0.2) is 23.7 Å². The number of likely N-dealkylation sites (N-methyl/N-ethyl adjacent to an activating group) is 1. The van der Waals surface area contributed by atoms with E-state index in [1.807, 2.05) is 38.1 Å². The molecule has 0 saturated carbocycles. The zero-order valence-corrected chi connectivity index (χ0v) is 14.0. The number of carbonyl (C=O) groups excluding carboxylic acids is 1. The fourth-order valence-electron chi connectivity index (χ4n) is 3.00. The summed E-state index contributed by atoms with van der Waals surface area (Å²) >= 11 is 0. The first-order chi connectivity index (χ1) is 11.3. The molecule has 0 saturated heterocycles. The summed E-state index contributed by atoms with van der Waals surface area (Å²) in [5.74, 6) is 0.0617. The van der Waals surface area contributed by atoms with Crippen LogP contribution in [0.1, 0.15) is 30.5 Å². The molecule has 0 fully saturated rings. The van der Waals surface area contributed by atoms with Gasteiger partial charge in [0.2, 0.25) is 5.91 Å². The normalized spacial score (nSPS) is 16.2. The van der Waals surface area contributed by atoms with Gasteiger partial charge >= 0.3 is 0 Å². The van der Waals surface area contributed by atoms with E-state index >= 15 is 0 Å². The van der Waals surface area contributed by atoms with E-state index in [1.165, 1.54) is 0 Å². The van der Waals surface area contributed by atoms with Gasteiger partial charge in [-0.1, -0.05) is 12.1 Å². The topological polar surface area (TPSA) is 83.1 Å². The lowest BCUT2D eigenvalue weighted by Crippen LogP contribution is -2.33. The smallest absolute Gasteiger partial charge is 0.236 e. The van der Waals surface area contributed by atoms with Gasteiger partial charge in [-0.2, -0.15) is 0 Å². The lowest BCUT2D eigenvalue weighted by molar-refractivity contribution is -0.121. The molecule has 0 aliphatic carbocycles. The number of hydrogen-bond donors (Lipinski definition) is 2. The second-order valence-corrected chi connectivity index (χ2v) is 6.48. The second kappa shape index (κ2) is 5.60. The van der Waals surface area contributed by atoms with Gasteiger partial charge in [0.1, 0.15) is 0 Å². The van der Waals surface area contributed by atoms with Crippen LogP contribution in [-0.2, 0) is 10.2 Å². The molecule has 5 nitrogen and oxygen atoms in total. The summed E-state index contributed by atoms with van der Waals surface area (Å²) in [6.07, 6.45) is 4.95. The SMILES string of the molecule is CN1C(=O)C(C)(C)c2ccc(C(=N)/C=C(\N)c3cccnc3)cc21. The molecule has 2 heterocycles. The van der Waals surface area contributed by atoms with Gasteiger partial charge in [-0.3, -0.25) is 9.78 Å². The van der Waals surface area contributed by atoms with Crippen LogP contribution in [0, 0.1) is 5.41 Å². The van der Waals surface area contributed by atoms with Crippen molar-refractivity contribution in [1.29, 1.82) is 5.41 Å². The number of aromatic nitrogens is 1. The molecule has 1 aromatic heterocycles. The molecular weight excluding hydrogens is 300 g/mol. The van der Waals surface area contributed by atoms with Crippen molar-refractivity contribution in [3.8, 4) is 0 Å². The van der Waals surface area contributed by atoms with Crippen LogP contribution in [0.2, 0.25) is 0 Å². The molecule has 0 unspecified atom stereocenters. The maximum Gasteiger partial charge on any atom is 0.236 e. The van der Waals surface area contributed by atoms with Crippen molar-refractivity contribution in [1.82, 2.24) is 4.98 Å². The largest absolute Gasteiger partial charge is 0.398 e. The fraction of sp³-hybridized carbons (Fsp3) is 0.211. The summed E-state index contributed by atoms with van der Waals surface area (Å²) in [7, 11) is 1.77. The van der Waals surface area contributed by atoms with E-state index in [0.29, 0.717) is 11.4 Å². The van der Waals surface area contributed by atoms with Crippen molar-refractivity contribution in [2.24, 2.45) is 5.73 Å². The van der Waals surface area contributed by atoms with Gasteiger partial charge in [0.15, 0.2) is 0 Å². The van der Waals surface area contributed by atoms with Crippen LogP contribution in [0.25, 0.3) is 5.70 Å². The minimum absolute atomic E-state index is 0.0617. The van der Waals surface area contributed by atoms with Crippen molar-refractivity contribution in [2.75, 3.05) is 11.9 Å². The van der Waals surface area contributed by atoms with Crippen molar-refractivity contribution < 1.29 is 4.79 Å². The molecule has 1 aliphatic rings. The van der Waals surface area contributed by atoms with Crippen LogP contribution < -0.4 is 10.6 Å². The molecule has 3 N–H and O–H groups in total. The number of anilines is 1. The van der Waals surface area contributed by atoms with E-state index in [2.05, 4.69) is 4.98 Å². The van der Waals surface area contributed by atoms with Gasteiger partial charge in [-0.05, 0) is 43.7 Å². The first-order valence-corrected chi connectivity index (χ1v) is 7.71. The van der Waals surface area contributed by atoms with Gasteiger partial charge in [0.25, 0.3) is 0 Å². The van der Waals surface area contributed by atoms with Crippen molar-refractivity contribution in [3.05, 3.63) is 65.5 Å². The van der Waals surface area contributed by atoms with Crippen molar-refractivity contribution in [3.63, 3.8) is 0 Å². The summed E-state index contributed by atoms with van der Waals surface area (Å²) in [5, 5.41) is 8.31. The van der Waals surface area contributed by atoms with Gasteiger partial charge < -0.3 is 16.0 Å². The van der Waals surface area contributed by atoms with E-state index in [9.17, 15) is 4.79 Å². The molecule has 5 heteroatoms. The minimum atomic E-state index is -0.532. The highest BCUT2D eigenvalue weighted by molar-refractivity contribution is 6.13. The molecular formula is C19H20N4O. The number of allylic oxidation sites excluding steroid dienone is 1. The summed E-state index contributed by atoms with van der Waals surface area (Å²) in [6, 6.07) is 9.32. The number of rotatable bonds is 3. The third kappa shape index (κ3) is 2.48. The fourth-order valence-corrected chi connectivity index (χ4v) is 3.00. The molecule has 1 amide bonds. The molecule has 122 valence electrons. The molecule has 0 atom stereocenters. The average Bonchev–Trinajstić information content (AvgIpc) is 2.76. The number of amides is 1. The average molecular weight is 320 g/mol. The standard InChI is InChI=1S/C19H20N4O/c1-19(2)14-7-6-12(9-17(14)23(3)18(19)24)15(20)10-16(21)13-5-4-8-22-11-13/h4-11,20H,21H2,1-3H3/b16-10-,20-15?. The third-order valence-corrected chi connectivity index (χ3v) is 4.48. The van der Waals surface area contributed by atoms with Crippen LogP contribution in [0.15, 0.2) is 48.8 Å². The molecule has 0 bridgehead atoms. The molecule has 1 aliphatic heterocycles. The number of fused-ring (bicyclic) bond motifs is 1. The van der Waals surface area contributed by atoms with Crippen LogP contribution in [0.5, 0.6) is 0 Å². The highest BCUT2D eigenvalue weighted by Gasteiger charge is 2.42. The highest BCUT2D eigenvalue weighted by atomic mass is 16.2. The minimum Gasteiger partial charge on any atom is -0.398 e. The van der Waals surface area contributed by atoms with E-state index in [4.69, 9.17) is 11.1 Å². The Labute approximate surface area is 141 Å².